The molecule has 0 saturated carbocycles. The third-order valence-corrected chi connectivity index (χ3v) is 2.46. The third-order valence-electron chi connectivity index (χ3n) is 1.85. The van der Waals surface area contributed by atoms with Crippen molar-refractivity contribution in [2.75, 3.05) is 7.11 Å². The minimum Gasteiger partial charge on any atom is -0.496 e. The molecule has 1 heterocycles. The molecule has 90 valence electrons. The maximum absolute atomic E-state index is 12.0. The van der Waals surface area contributed by atoms with Crippen LogP contribution in [0.1, 0.15) is 11.1 Å². The fraction of sp³-hybridized carbons (Fsp3) is 0.444. The first-order valence-corrected chi connectivity index (χ1v) is 5.35. The number of rotatable bonds is 3. The van der Waals surface area contributed by atoms with Gasteiger partial charge in [0.15, 0.2) is 0 Å². The molecular formula is C9H9BrF3NO2. The van der Waals surface area contributed by atoms with Crippen LogP contribution in [0.25, 0.3) is 0 Å². The first-order valence-electron chi connectivity index (χ1n) is 4.23. The molecule has 0 aliphatic rings. The predicted octanol–water partition coefficient (Wildman–Crippen LogP) is 3.19. The molecule has 0 N–H and O–H groups in total. The number of hydrogen-bond donors (Lipinski definition) is 0. The molecule has 0 aliphatic heterocycles. The van der Waals surface area contributed by atoms with E-state index in [1.165, 1.54) is 20.2 Å². The summed E-state index contributed by atoms with van der Waals surface area (Å²) in [6, 6.07) is 0. The second-order valence-corrected chi connectivity index (χ2v) is 3.49. The molecule has 0 atom stereocenters. The van der Waals surface area contributed by atoms with Crippen molar-refractivity contribution in [3.05, 3.63) is 17.3 Å². The Morgan fingerprint density at radius 1 is 1.44 bits per heavy atom. The zero-order valence-electron chi connectivity index (χ0n) is 8.56. The number of halogens is 4. The van der Waals surface area contributed by atoms with Gasteiger partial charge in [0.2, 0.25) is 5.88 Å². The second kappa shape index (κ2) is 4.90. The van der Waals surface area contributed by atoms with Gasteiger partial charge in [0.05, 0.1) is 12.7 Å². The van der Waals surface area contributed by atoms with Crippen molar-refractivity contribution in [2.45, 2.75) is 18.6 Å². The topological polar surface area (TPSA) is 31.4 Å². The summed E-state index contributed by atoms with van der Waals surface area (Å²) in [5, 5.41) is 0.441. The molecule has 0 spiro atoms. The number of aromatic nitrogens is 1. The van der Waals surface area contributed by atoms with Crippen molar-refractivity contribution in [1.82, 2.24) is 4.98 Å². The van der Waals surface area contributed by atoms with Crippen molar-refractivity contribution in [2.24, 2.45) is 0 Å². The zero-order chi connectivity index (χ0) is 12.3. The van der Waals surface area contributed by atoms with E-state index in [2.05, 4.69) is 25.7 Å². The maximum Gasteiger partial charge on any atom is 0.574 e. The number of nitrogens with zero attached hydrogens (tertiary/aromatic N) is 1. The van der Waals surface area contributed by atoms with E-state index in [4.69, 9.17) is 4.74 Å². The molecule has 7 heteroatoms. The van der Waals surface area contributed by atoms with Crippen LogP contribution in [0.15, 0.2) is 6.20 Å². The highest BCUT2D eigenvalue weighted by atomic mass is 79.9. The lowest BCUT2D eigenvalue weighted by Crippen LogP contribution is -2.19. The van der Waals surface area contributed by atoms with Crippen LogP contribution in [0.5, 0.6) is 11.6 Å². The van der Waals surface area contributed by atoms with Gasteiger partial charge >= 0.3 is 6.36 Å². The highest BCUT2D eigenvalue weighted by molar-refractivity contribution is 9.08. The van der Waals surface area contributed by atoms with Gasteiger partial charge in [-0.25, -0.2) is 4.98 Å². The van der Waals surface area contributed by atoms with Gasteiger partial charge in [-0.2, -0.15) is 0 Å². The van der Waals surface area contributed by atoms with Crippen LogP contribution in [0, 0.1) is 6.92 Å². The van der Waals surface area contributed by atoms with E-state index in [1.54, 1.807) is 0 Å². The van der Waals surface area contributed by atoms with E-state index in [1.807, 2.05) is 0 Å². The van der Waals surface area contributed by atoms with Crippen molar-refractivity contribution >= 4 is 15.9 Å². The highest BCUT2D eigenvalue weighted by Crippen LogP contribution is 2.33. The Kier molecular flexibility index (Phi) is 4.01. The molecule has 0 aromatic carbocycles. The molecule has 16 heavy (non-hydrogen) atoms. The van der Waals surface area contributed by atoms with E-state index in [9.17, 15) is 13.2 Å². The highest BCUT2D eigenvalue weighted by Gasteiger charge is 2.33. The van der Waals surface area contributed by atoms with Crippen molar-refractivity contribution in [3.8, 4) is 11.6 Å². The lowest BCUT2D eigenvalue weighted by Gasteiger charge is -2.14. The number of hydrogen-bond acceptors (Lipinski definition) is 3. The lowest BCUT2D eigenvalue weighted by atomic mass is 10.2. The monoisotopic (exact) mass is 299 g/mol. The fourth-order valence-corrected chi connectivity index (χ4v) is 1.62. The van der Waals surface area contributed by atoms with Crippen LogP contribution in [0.3, 0.4) is 0 Å². The van der Waals surface area contributed by atoms with Crippen LogP contribution in [0.2, 0.25) is 0 Å². The minimum absolute atomic E-state index is 0.219. The molecule has 1 aromatic rings. The van der Waals surface area contributed by atoms with Crippen molar-refractivity contribution < 1.29 is 22.6 Å². The first-order chi connectivity index (χ1) is 7.39. The van der Waals surface area contributed by atoms with Gasteiger partial charge in [0, 0.05) is 17.1 Å². The summed E-state index contributed by atoms with van der Waals surface area (Å²) < 4.78 is 44.9. The molecule has 0 saturated heterocycles. The van der Waals surface area contributed by atoms with Gasteiger partial charge in [-0.3, -0.25) is 0 Å². The Morgan fingerprint density at radius 2 is 2.06 bits per heavy atom. The second-order valence-electron chi connectivity index (χ2n) is 2.93. The van der Waals surface area contributed by atoms with Crippen LogP contribution >= 0.6 is 15.9 Å². The van der Waals surface area contributed by atoms with Crippen LogP contribution in [-0.2, 0) is 5.33 Å². The first kappa shape index (κ1) is 13.1. The Bertz CT molecular complexity index is 382. The molecule has 0 aliphatic carbocycles. The summed E-state index contributed by atoms with van der Waals surface area (Å²) in [6.45, 7) is 1.46. The fourth-order valence-electron chi connectivity index (χ4n) is 1.22. The normalized spacial score (nSPS) is 11.4. The molecule has 0 amide bonds. The van der Waals surface area contributed by atoms with Gasteiger partial charge in [-0.15, -0.1) is 13.2 Å². The molecule has 0 fully saturated rings. The van der Waals surface area contributed by atoms with E-state index in [0.29, 0.717) is 16.6 Å². The van der Waals surface area contributed by atoms with Gasteiger partial charge in [0.1, 0.15) is 5.75 Å². The maximum atomic E-state index is 12.0. The molecule has 0 radical (unpaired) electrons. The van der Waals surface area contributed by atoms with Gasteiger partial charge < -0.3 is 9.47 Å². The van der Waals surface area contributed by atoms with Gasteiger partial charge in [0.25, 0.3) is 0 Å². The summed E-state index contributed by atoms with van der Waals surface area (Å²) in [5.41, 5.74) is 0.881. The summed E-state index contributed by atoms with van der Waals surface area (Å²) in [5.74, 6) is -0.153. The quantitative estimate of drug-likeness (QED) is 0.803. The molecule has 0 unspecified atom stereocenters. The minimum atomic E-state index is -4.75. The van der Waals surface area contributed by atoms with Crippen molar-refractivity contribution in [3.63, 3.8) is 0 Å². The van der Waals surface area contributed by atoms with Gasteiger partial charge in [-0.1, -0.05) is 15.9 Å². The zero-order valence-corrected chi connectivity index (χ0v) is 10.1. The Hall–Kier alpha value is -0.980. The summed E-state index contributed by atoms with van der Waals surface area (Å²) in [7, 11) is 1.38. The smallest absolute Gasteiger partial charge is 0.496 e. The number of methoxy groups -OCH3 is 1. The van der Waals surface area contributed by atoms with E-state index in [-0.39, 0.29) is 5.56 Å². The number of pyridine rings is 1. The molecule has 1 rings (SSSR count). The summed E-state index contributed by atoms with van der Waals surface area (Å²) >= 11 is 3.19. The Balaban J connectivity index is 3.14. The van der Waals surface area contributed by atoms with E-state index in [0.717, 1.165) is 0 Å². The summed E-state index contributed by atoms with van der Waals surface area (Å²) in [6.07, 6.45) is -3.47. The van der Waals surface area contributed by atoms with Crippen LogP contribution < -0.4 is 9.47 Å². The van der Waals surface area contributed by atoms with Crippen LogP contribution in [0.4, 0.5) is 13.2 Å². The predicted molar refractivity (Wildman–Crippen MR) is 54.8 cm³/mol. The lowest BCUT2D eigenvalue weighted by molar-refractivity contribution is -0.276. The van der Waals surface area contributed by atoms with Crippen molar-refractivity contribution in [1.29, 1.82) is 0 Å². The number of alkyl halides is 4. The Morgan fingerprint density at radius 3 is 2.50 bits per heavy atom. The molecular weight excluding hydrogens is 291 g/mol. The molecule has 1 aromatic heterocycles. The third kappa shape index (κ3) is 3.01. The van der Waals surface area contributed by atoms with Crippen LogP contribution in [-0.4, -0.2) is 18.5 Å². The van der Waals surface area contributed by atoms with E-state index >= 15 is 0 Å². The SMILES string of the molecule is COc1c(CBr)cnc(OC(F)(F)F)c1C. The average Bonchev–Trinajstić information content (AvgIpc) is 2.19. The largest absolute Gasteiger partial charge is 0.574 e. The average molecular weight is 300 g/mol. The molecule has 0 bridgehead atoms. The standard InChI is InChI=1S/C9H9BrF3NO2/c1-5-7(15-2)6(3-10)4-14-8(5)16-9(11,12)13/h4H,3H2,1-2H3. The Labute approximate surface area is 98.7 Å². The van der Waals surface area contributed by atoms with E-state index < -0.39 is 12.2 Å². The molecule has 3 nitrogen and oxygen atoms in total. The summed E-state index contributed by atoms with van der Waals surface area (Å²) in [4.78, 5) is 3.59. The van der Waals surface area contributed by atoms with Gasteiger partial charge in [-0.05, 0) is 6.92 Å². The number of ether oxygens (including phenoxy) is 2.